The Kier molecular flexibility index (Phi) is 10.5. The van der Waals surface area contributed by atoms with Crippen LogP contribution in [0.2, 0.25) is 18.1 Å². The summed E-state index contributed by atoms with van der Waals surface area (Å²) in [5.41, 5.74) is 4.99. The van der Waals surface area contributed by atoms with E-state index in [1.54, 1.807) is 6.07 Å². The molecule has 0 fully saturated rings. The van der Waals surface area contributed by atoms with Crippen molar-refractivity contribution in [3.8, 4) is 5.75 Å². The molecule has 1 aromatic heterocycles. The minimum absolute atomic E-state index is 0.0364. The number of carbonyl (C=O) groups is 1. The van der Waals surface area contributed by atoms with Gasteiger partial charge in [0.1, 0.15) is 18.1 Å². The van der Waals surface area contributed by atoms with Crippen LogP contribution in [-0.2, 0) is 24.1 Å². The van der Waals surface area contributed by atoms with E-state index in [9.17, 15) is 15.0 Å². The first-order chi connectivity index (χ1) is 20.4. The van der Waals surface area contributed by atoms with Gasteiger partial charge in [0.15, 0.2) is 8.32 Å². The highest BCUT2D eigenvalue weighted by molar-refractivity contribution is 6.74. The van der Waals surface area contributed by atoms with Gasteiger partial charge in [0.2, 0.25) is 0 Å². The number of rotatable bonds is 14. The second-order valence-electron chi connectivity index (χ2n) is 12.8. The highest BCUT2D eigenvalue weighted by Gasteiger charge is 2.39. The molecule has 43 heavy (non-hydrogen) atoms. The van der Waals surface area contributed by atoms with Crippen molar-refractivity contribution in [2.75, 3.05) is 6.54 Å². The predicted octanol–water partition coefficient (Wildman–Crippen LogP) is 7.61. The van der Waals surface area contributed by atoms with Crippen LogP contribution in [0.4, 0.5) is 0 Å². The maximum Gasteiger partial charge on any atom is 0.352 e. The van der Waals surface area contributed by atoms with E-state index in [-0.39, 0.29) is 29.5 Å². The van der Waals surface area contributed by atoms with Crippen LogP contribution in [0.5, 0.6) is 5.75 Å². The Morgan fingerprint density at radius 3 is 2.40 bits per heavy atom. The summed E-state index contributed by atoms with van der Waals surface area (Å²) in [6.07, 6.45) is 1.53. The van der Waals surface area contributed by atoms with Gasteiger partial charge in [-0.25, -0.2) is 4.79 Å². The van der Waals surface area contributed by atoms with Gasteiger partial charge in [-0.05, 0) is 78.0 Å². The van der Waals surface area contributed by atoms with Crippen molar-refractivity contribution < 1.29 is 24.2 Å². The number of H-pyrrole nitrogens is 1. The van der Waals surface area contributed by atoms with Gasteiger partial charge in [-0.15, -0.1) is 0 Å². The van der Waals surface area contributed by atoms with Crippen LogP contribution in [0, 0.1) is 0 Å². The van der Waals surface area contributed by atoms with Crippen molar-refractivity contribution >= 4 is 25.2 Å². The Bertz CT molecular complexity index is 1510. The zero-order valence-electron chi connectivity index (χ0n) is 26.2. The monoisotopic (exact) mass is 602 g/mol. The summed E-state index contributed by atoms with van der Waals surface area (Å²) in [5, 5.41) is 24.3. The van der Waals surface area contributed by atoms with E-state index in [4.69, 9.17) is 9.16 Å². The zero-order valence-corrected chi connectivity index (χ0v) is 27.2. The van der Waals surface area contributed by atoms with E-state index in [2.05, 4.69) is 69.3 Å². The first kappa shape index (κ1) is 32.5. The van der Waals surface area contributed by atoms with Gasteiger partial charge >= 0.3 is 5.97 Å². The molecule has 0 saturated heterocycles. The van der Waals surface area contributed by atoms with Crippen LogP contribution in [0.1, 0.15) is 73.0 Å². The van der Waals surface area contributed by atoms with Crippen LogP contribution in [0.25, 0.3) is 10.9 Å². The molecule has 2 atom stereocenters. The summed E-state index contributed by atoms with van der Waals surface area (Å²) >= 11 is 0. The molecule has 4 aromatic rings. The van der Waals surface area contributed by atoms with Gasteiger partial charge in [0.25, 0.3) is 0 Å². The fourth-order valence-electron chi connectivity index (χ4n) is 4.90. The van der Waals surface area contributed by atoms with E-state index in [0.717, 1.165) is 46.0 Å². The number of ether oxygens (including phenoxy) is 1. The molecule has 1 heterocycles. The predicted molar refractivity (Wildman–Crippen MR) is 175 cm³/mol. The maximum absolute atomic E-state index is 11.4. The average Bonchev–Trinajstić information content (AvgIpc) is 3.41. The largest absolute Gasteiger partial charge is 0.489 e. The lowest BCUT2D eigenvalue weighted by atomic mass is 10.0. The summed E-state index contributed by atoms with van der Waals surface area (Å²) in [6.45, 7) is 14.3. The van der Waals surface area contributed by atoms with Crippen LogP contribution < -0.4 is 10.1 Å². The molecule has 7 nitrogen and oxygen atoms in total. The molecule has 0 unspecified atom stereocenters. The Morgan fingerprint density at radius 2 is 1.74 bits per heavy atom. The molecule has 0 aliphatic carbocycles. The number of hydrogen-bond acceptors (Lipinski definition) is 5. The molecular formula is C35H46N2O5Si. The second-order valence-corrected chi connectivity index (χ2v) is 17.5. The summed E-state index contributed by atoms with van der Waals surface area (Å²) in [5.74, 6) is -0.287. The molecule has 0 spiro atoms. The third-order valence-electron chi connectivity index (χ3n) is 8.59. The van der Waals surface area contributed by atoms with Gasteiger partial charge < -0.3 is 29.7 Å². The number of carboxylic acids is 1. The Hall–Kier alpha value is -3.43. The van der Waals surface area contributed by atoms with E-state index in [0.29, 0.717) is 18.9 Å². The number of fused-ring (bicyclic) bond motifs is 1. The molecule has 8 heteroatoms. The highest BCUT2D eigenvalue weighted by Crippen LogP contribution is 2.40. The van der Waals surface area contributed by atoms with E-state index >= 15 is 0 Å². The number of aromatic amines is 1. The van der Waals surface area contributed by atoms with E-state index < -0.39 is 14.3 Å². The molecule has 0 aliphatic heterocycles. The van der Waals surface area contributed by atoms with Gasteiger partial charge in [-0.1, -0.05) is 70.2 Å². The third kappa shape index (κ3) is 8.35. The minimum atomic E-state index is -2.13. The lowest BCUT2D eigenvalue weighted by Crippen LogP contribution is -2.44. The minimum Gasteiger partial charge on any atom is -0.489 e. The number of carboxylic acid groups (broad SMARTS) is 1. The molecular weight excluding hydrogens is 556 g/mol. The van der Waals surface area contributed by atoms with Crippen LogP contribution >= 0.6 is 0 Å². The summed E-state index contributed by atoms with van der Waals surface area (Å²) in [7, 11) is -2.13. The number of aromatic nitrogens is 1. The molecule has 0 saturated carbocycles. The van der Waals surface area contributed by atoms with Crippen molar-refractivity contribution in [1.82, 2.24) is 10.3 Å². The van der Waals surface area contributed by atoms with Gasteiger partial charge in [0.05, 0.1) is 12.7 Å². The standard InChI is InChI=1S/C35H46N2O5Si/c1-7-29(18-25-13-15-30-27(17-25)20-31(37-30)34(39)40)36-21-33(42-43(5,6)35(2,3)4)26-14-16-32(28(19-26)22-38)41-23-24-11-9-8-10-12-24/h8-17,19-20,29,33,36-38H,7,18,21-23H2,1-6H3,(H,39,40)/t29-,33+/m1/s1. The normalized spacial score (nSPS) is 13.7. The first-order valence-corrected chi connectivity index (χ1v) is 18.0. The molecule has 0 radical (unpaired) electrons. The highest BCUT2D eigenvalue weighted by atomic mass is 28.4. The molecule has 4 rings (SSSR count). The Morgan fingerprint density at radius 1 is 1.00 bits per heavy atom. The molecule has 0 bridgehead atoms. The summed E-state index contributed by atoms with van der Waals surface area (Å²) in [4.78, 5) is 14.3. The average molecular weight is 603 g/mol. The van der Waals surface area contributed by atoms with Crippen molar-refractivity contribution in [1.29, 1.82) is 0 Å². The van der Waals surface area contributed by atoms with Crippen LogP contribution in [-0.4, -0.2) is 42.1 Å². The number of hydrogen-bond donors (Lipinski definition) is 4. The number of aliphatic hydroxyl groups is 1. The van der Waals surface area contributed by atoms with E-state index in [1.165, 1.54) is 0 Å². The van der Waals surface area contributed by atoms with Crippen LogP contribution in [0.3, 0.4) is 0 Å². The van der Waals surface area contributed by atoms with Gasteiger partial charge in [0, 0.05) is 29.1 Å². The Labute approximate surface area is 256 Å². The lowest BCUT2D eigenvalue weighted by molar-refractivity contribution is 0.0691. The molecule has 0 aliphatic rings. The summed E-state index contributed by atoms with van der Waals surface area (Å²) < 4.78 is 13.1. The van der Waals surface area contributed by atoms with Crippen molar-refractivity contribution in [3.05, 3.63) is 101 Å². The summed E-state index contributed by atoms with van der Waals surface area (Å²) in [6, 6.07) is 24.0. The maximum atomic E-state index is 11.4. The number of aliphatic hydroxyl groups excluding tert-OH is 1. The third-order valence-corrected chi connectivity index (χ3v) is 13.1. The molecule has 3 aromatic carbocycles. The first-order valence-electron chi connectivity index (χ1n) is 15.1. The fourth-order valence-corrected chi connectivity index (χ4v) is 6.19. The molecule has 0 amide bonds. The van der Waals surface area contributed by atoms with Gasteiger partial charge in [-0.3, -0.25) is 0 Å². The van der Waals surface area contributed by atoms with Gasteiger partial charge in [-0.2, -0.15) is 0 Å². The quantitative estimate of drug-likeness (QED) is 0.111. The topological polar surface area (TPSA) is 104 Å². The second kappa shape index (κ2) is 13.9. The lowest BCUT2D eigenvalue weighted by Gasteiger charge is -2.40. The zero-order chi connectivity index (χ0) is 31.2. The SMILES string of the molecule is CC[C@H](Cc1ccc2[nH]c(C(=O)O)cc2c1)NC[C@H](O[Si](C)(C)C(C)(C)C)c1ccc(OCc2ccccc2)c(CO)c1. The van der Waals surface area contributed by atoms with Crippen molar-refractivity contribution in [3.63, 3.8) is 0 Å². The fraction of sp³-hybridized carbons (Fsp3) is 0.400. The smallest absolute Gasteiger partial charge is 0.352 e. The number of aromatic carboxylic acids is 1. The van der Waals surface area contributed by atoms with Crippen molar-refractivity contribution in [2.24, 2.45) is 0 Å². The number of nitrogens with one attached hydrogen (secondary N) is 2. The van der Waals surface area contributed by atoms with E-state index in [1.807, 2.05) is 48.5 Å². The number of benzene rings is 3. The molecule has 230 valence electrons. The van der Waals surface area contributed by atoms with Crippen molar-refractivity contribution in [2.45, 2.75) is 84.0 Å². The molecule has 4 N–H and O–H groups in total. The van der Waals surface area contributed by atoms with Crippen LogP contribution in [0.15, 0.2) is 72.8 Å². The Balaban J connectivity index is 1.53.